The Morgan fingerprint density at radius 1 is 1.42 bits per heavy atom. The molecule has 0 saturated heterocycles. The summed E-state index contributed by atoms with van der Waals surface area (Å²) in [6, 6.07) is 7.30. The minimum Gasteiger partial charge on any atom is -0.491 e. The van der Waals surface area contributed by atoms with E-state index in [9.17, 15) is 4.79 Å². The number of H-pyrrole nitrogens is 1. The Bertz CT molecular complexity index is 537. The zero-order valence-electron chi connectivity index (χ0n) is 10.9. The van der Waals surface area contributed by atoms with Crippen LogP contribution in [0.1, 0.15) is 24.3 Å². The van der Waals surface area contributed by atoms with Gasteiger partial charge in [0, 0.05) is 0 Å². The number of anilines is 1. The molecule has 0 aliphatic carbocycles. The van der Waals surface area contributed by atoms with Crippen LogP contribution in [0.2, 0.25) is 0 Å². The van der Waals surface area contributed by atoms with Crippen LogP contribution in [0.25, 0.3) is 0 Å². The lowest BCUT2D eigenvalue weighted by Gasteiger charge is -2.13. The molecule has 2 aromatic rings. The van der Waals surface area contributed by atoms with Crippen LogP contribution in [0.5, 0.6) is 5.75 Å². The predicted octanol–water partition coefficient (Wildman–Crippen LogP) is 2.09. The molecule has 2 N–H and O–H groups in total. The van der Waals surface area contributed by atoms with Crippen LogP contribution >= 0.6 is 0 Å². The third-order valence-corrected chi connectivity index (χ3v) is 2.36. The van der Waals surface area contributed by atoms with Gasteiger partial charge < -0.3 is 10.1 Å². The number of benzene rings is 1. The van der Waals surface area contributed by atoms with Crippen molar-refractivity contribution in [2.75, 3.05) is 11.9 Å². The average molecular weight is 260 g/mol. The normalized spacial score (nSPS) is 10.5. The second kappa shape index (κ2) is 5.99. The molecule has 19 heavy (non-hydrogen) atoms. The van der Waals surface area contributed by atoms with Gasteiger partial charge in [-0.05, 0) is 18.1 Å². The van der Waals surface area contributed by atoms with Crippen molar-refractivity contribution in [2.24, 2.45) is 5.92 Å². The van der Waals surface area contributed by atoms with E-state index in [-0.39, 0.29) is 11.6 Å². The van der Waals surface area contributed by atoms with Crippen molar-refractivity contribution in [2.45, 2.75) is 13.8 Å². The molecule has 6 nitrogen and oxygen atoms in total. The molecule has 6 heteroatoms. The minimum absolute atomic E-state index is 0.235. The van der Waals surface area contributed by atoms with Gasteiger partial charge in [-0.25, -0.2) is 0 Å². The fraction of sp³-hybridized carbons (Fsp3) is 0.308. The highest BCUT2D eigenvalue weighted by Crippen LogP contribution is 2.24. The molecule has 2 rings (SSSR count). The van der Waals surface area contributed by atoms with E-state index >= 15 is 0 Å². The number of ether oxygens (including phenoxy) is 1. The third kappa shape index (κ3) is 3.54. The summed E-state index contributed by atoms with van der Waals surface area (Å²) in [6.07, 6.45) is 1.37. The van der Waals surface area contributed by atoms with Gasteiger partial charge in [0.15, 0.2) is 5.69 Å². The average Bonchev–Trinajstić information content (AvgIpc) is 2.91. The Balaban J connectivity index is 2.09. The van der Waals surface area contributed by atoms with Gasteiger partial charge in [0.25, 0.3) is 5.91 Å². The largest absolute Gasteiger partial charge is 0.491 e. The Hall–Kier alpha value is -2.37. The lowest BCUT2D eigenvalue weighted by molar-refractivity contribution is 0.102. The molecule has 1 heterocycles. The number of aromatic nitrogens is 3. The van der Waals surface area contributed by atoms with Crippen molar-refractivity contribution in [1.29, 1.82) is 0 Å². The number of rotatable bonds is 5. The van der Waals surface area contributed by atoms with Gasteiger partial charge in [-0.1, -0.05) is 26.0 Å². The number of carbonyl (C=O) groups is 1. The summed E-state index contributed by atoms with van der Waals surface area (Å²) in [5.74, 6) is 0.738. The van der Waals surface area contributed by atoms with Crippen LogP contribution in [0.3, 0.4) is 0 Å². The van der Waals surface area contributed by atoms with Gasteiger partial charge in [-0.3, -0.25) is 4.79 Å². The van der Waals surface area contributed by atoms with Crippen LogP contribution in [0.4, 0.5) is 5.69 Å². The molecule has 0 unspecified atom stereocenters. The molecule has 0 saturated carbocycles. The van der Waals surface area contributed by atoms with Gasteiger partial charge >= 0.3 is 0 Å². The van der Waals surface area contributed by atoms with Gasteiger partial charge in [-0.15, -0.1) is 0 Å². The maximum Gasteiger partial charge on any atom is 0.277 e. The Kier molecular flexibility index (Phi) is 4.12. The van der Waals surface area contributed by atoms with E-state index in [0.717, 1.165) is 0 Å². The first-order valence-corrected chi connectivity index (χ1v) is 6.05. The highest BCUT2D eigenvalue weighted by molar-refractivity contribution is 6.03. The number of hydrogen-bond donors (Lipinski definition) is 2. The smallest absolute Gasteiger partial charge is 0.277 e. The third-order valence-electron chi connectivity index (χ3n) is 2.36. The molecule has 1 aromatic heterocycles. The van der Waals surface area contributed by atoms with Crippen molar-refractivity contribution in [1.82, 2.24) is 15.4 Å². The summed E-state index contributed by atoms with van der Waals surface area (Å²) in [4.78, 5) is 11.9. The molecule has 1 aromatic carbocycles. The van der Waals surface area contributed by atoms with Gasteiger partial charge in [0.2, 0.25) is 0 Å². The summed E-state index contributed by atoms with van der Waals surface area (Å²) < 4.78 is 5.66. The first-order chi connectivity index (χ1) is 9.16. The highest BCUT2D eigenvalue weighted by atomic mass is 16.5. The summed E-state index contributed by atoms with van der Waals surface area (Å²) in [5, 5.41) is 12.5. The molecule has 100 valence electrons. The highest BCUT2D eigenvalue weighted by Gasteiger charge is 2.12. The number of para-hydroxylation sites is 2. The van der Waals surface area contributed by atoms with Gasteiger partial charge in [0.1, 0.15) is 5.75 Å². The lowest BCUT2D eigenvalue weighted by Crippen LogP contribution is -2.14. The molecular formula is C13H16N4O2. The van der Waals surface area contributed by atoms with E-state index in [1.165, 1.54) is 6.20 Å². The van der Waals surface area contributed by atoms with E-state index in [1.807, 2.05) is 18.2 Å². The van der Waals surface area contributed by atoms with E-state index in [2.05, 4.69) is 34.6 Å². The second-order valence-electron chi connectivity index (χ2n) is 4.51. The Morgan fingerprint density at radius 3 is 2.89 bits per heavy atom. The Morgan fingerprint density at radius 2 is 2.21 bits per heavy atom. The second-order valence-corrected chi connectivity index (χ2v) is 4.51. The monoisotopic (exact) mass is 260 g/mol. The number of aromatic amines is 1. The van der Waals surface area contributed by atoms with E-state index < -0.39 is 0 Å². The maximum absolute atomic E-state index is 11.9. The summed E-state index contributed by atoms with van der Waals surface area (Å²) >= 11 is 0. The van der Waals surface area contributed by atoms with Crippen LogP contribution in [0, 0.1) is 5.92 Å². The predicted molar refractivity (Wildman–Crippen MR) is 71.1 cm³/mol. The minimum atomic E-state index is -0.325. The fourth-order valence-electron chi connectivity index (χ4n) is 1.45. The molecule has 0 radical (unpaired) electrons. The molecule has 0 aliphatic heterocycles. The zero-order chi connectivity index (χ0) is 13.7. The number of nitrogens with one attached hydrogen (secondary N) is 2. The SMILES string of the molecule is CC(C)COc1ccccc1NC(=O)c1cn[nH]n1. The standard InChI is InChI=1S/C13H16N4O2/c1-9(2)8-19-12-6-4-3-5-10(12)15-13(18)11-7-14-17-16-11/h3-7,9H,8H2,1-2H3,(H,15,18)(H,14,16,17). The Labute approximate surface area is 111 Å². The molecule has 0 fully saturated rings. The molecule has 0 spiro atoms. The van der Waals surface area contributed by atoms with Crippen LogP contribution in [0.15, 0.2) is 30.5 Å². The first-order valence-electron chi connectivity index (χ1n) is 6.05. The van der Waals surface area contributed by atoms with Gasteiger partial charge in [0.05, 0.1) is 18.5 Å². The number of nitrogens with zero attached hydrogens (tertiary/aromatic N) is 2. The maximum atomic E-state index is 11.9. The van der Waals surface area contributed by atoms with Crippen LogP contribution in [-0.4, -0.2) is 27.9 Å². The summed E-state index contributed by atoms with van der Waals surface area (Å²) in [6.45, 7) is 4.73. The number of amides is 1. The van der Waals surface area contributed by atoms with E-state index in [1.54, 1.807) is 6.07 Å². The number of carbonyl (C=O) groups excluding carboxylic acids is 1. The van der Waals surface area contributed by atoms with Crippen LogP contribution < -0.4 is 10.1 Å². The summed E-state index contributed by atoms with van der Waals surface area (Å²) in [7, 11) is 0. The van der Waals surface area contributed by atoms with Crippen molar-refractivity contribution < 1.29 is 9.53 Å². The van der Waals surface area contributed by atoms with Gasteiger partial charge in [-0.2, -0.15) is 15.4 Å². The van der Waals surface area contributed by atoms with Crippen molar-refractivity contribution in [3.63, 3.8) is 0 Å². The zero-order valence-corrected chi connectivity index (χ0v) is 10.9. The topological polar surface area (TPSA) is 79.9 Å². The van der Waals surface area contributed by atoms with Crippen molar-refractivity contribution >= 4 is 11.6 Å². The van der Waals surface area contributed by atoms with Crippen LogP contribution in [-0.2, 0) is 0 Å². The van der Waals surface area contributed by atoms with Crippen molar-refractivity contribution in [3.05, 3.63) is 36.2 Å². The fourth-order valence-corrected chi connectivity index (χ4v) is 1.45. The molecule has 1 amide bonds. The lowest BCUT2D eigenvalue weighted by atomic mass is 10.2. The molecular weight excluding hydrogens is 244 g/mol. The molecule has 0 aliphatic rings. The summed E-state index contributed by atoms with van der Waals surface area (Å²) in [5.41, 5.74) is 0.856. The number of hydrogen-bond acceptors (Lipinski definition) is 4. The van der Waals surface area contributed by atoms with E-state index in [0.29, 0.717) is 24.0 Å². The molecule has 0 atom stereocenters. The van der Waals surface area contributed by atoms with Crippen molar-refractivity contribution in [3.8, 4) is 5.75 Å². The first kappa shape index (κ1) is 13.1. The molecule has 0 bridgehead atoms. The quantitative estimate of drug-likeness (QED) is 0.862. The van der Waals surface area contributed by atoms with E-state index in [4.69, 9.17) is 4.74 Å².